The molecule has 0 radical (unpaired) electrons. The van der Waals surface area contributed by atoms with E-state index >= 15 is 0 Å². The van der Waals surface area contributed by atoms with E-state index in [0.29, 0.717) is 23.1 Å². The number of amides is 1. The standard InChI is InChI=1S/C18H16FN3O3/c1-12(23)20-14-7-8-16-15(9-14)18(25-17(24)10-19)21-22(16)11-13-5-3-2-4-6-13/h2-9H,10-11H2,1H3,(H,20,23). The molecule has 0 spiro atoms. The Labute approximate surface area is 143 Å². The van der Waals surface area contributed by atoms with Gasteiger partial charge in [-0.05, 0) is 23.8 Å². The molecule has 1 heterocycles. The van der Waals surface area contributed by atoms with E-state index < -0.39 is 12.6 Å². The van der Waals surface area contributed by atoms with Gasteiger partial charge in [-0.15, -0.1) is 5.10 Å². The summed E-state index contributed by atoms with van der Waals surface area (Å²) < 4.78 is 19.2. The minimum absolute atomic E-state index is 0.0146. The molecule has 1 N–H and O–H groups in total. The van der Waals surface area contributed by atoms with E-state index in [1.54, 1.807) is 22.9 Å². The van der Waals surface area contributed by atoms with Crippen LogP contribution in [-0.2, 0) is 16.1 Å². The van der Waals surface area contributed by atoms with Crippen molar-refractivity contribution in [3.63, 3.8) is 0 Å². The van der Waals surface area contributed by atoms with Crippen molar-refractivity contribution in [3.8, 4) is 5.88 Å². The Hall–Kier alpha value is -3.22. The summed E-state index contributed by atoms with van der Waals surface area (Å²) in [5, 5.41) is 7.46. The summed E-state index contributed by atoms with van der Waals surface area (Å²) in [4.78, 5) is 22.6. The number of hydrogen-bond acceptors (Lipinski definition) is 4. The van der Waals surface area contributed by atoms with Crippen LogP contribution in [-0.4, -0.2) is 28.3 Å². The van der Waals surface area contributed by atoms with Gasteiger partial charge in [0.05, 0.1) is 17.4 Å². The molecule has 0 saturated heterocycles. The number of ether oxygens (including phenoxy) is 1. The number of nitrogens with zero attached hydrogens (tertiary/aromatic N) is 2. The highest BCUT2D eigenvalue weighted by Gasteiger charge is 2.16. The SMILES string of the molecule is CC(=O)Nc1ccc2c(c1)c(OC(=O)CF)nn2Cc1ccccc1. The lowest BCUT2D eigenvalue weighted by atomic mass is 10.2. The van der Waals surface area contributed by atoms with E-state index in [0.717, 1.165) is 5.56 Å². The Morgan fingerprint density at radius 1 is 1.20 bits per heavy atom. The number of fused-ring (bicyclic) bond motifs is 1. The van der Waals surface area contributed by atoms with Crippen LogP contribution >= 0.6 is 0 Å². The maximum absolute atomic E-state index is 12.5. The average Bonchev–Trinajstić information content (AvgIpc) is 2.92. The minimum Gasteiger partial charge on any atom is -0.403 e. The number of esters is 1. The number of hydrogen-bond donors (Lipinski definition) is 1. The molecule has 2 aromatic carbocycles. The molecule has 25 heavy (non-hydrogen) atoms. The highest BCUT2D eigenvalue weighted by atomic mass is 19.1. The van der Waals surface area contributed by atoms with Gasteiger partial charge in [-0.1, -0.05) is 30.3 Å². The Kier molecular flexibility index (Phi) is 4.74. The van der Waals surface area contributed by atoms with E-state index in [1.807, 2.05) is 30.3 Å². The maximum Gasteiger partial charge on any atom is 0.344 e. The van der Waals surface area contributed by atoms with Gasteiger partial charge in [-0.3, -0.25) is 9.48 Å². The van der Waals surface area contributed by atoms with Gasteiger partial charge in [0, 0.05) is 12.6 Å². The van der Waals surface area contributed by atoms with Crippen LogP contribution in [0.25, 0.3) is 10.9 Å². The van der Waals surface area contributed by atoms with Crippen LogP contribution in [0.3, 0.4) is 0 Å². The molecule has 1 aromatic heterocycles. The number of anilines is 1. The predicted molar refractivity (Wildman–Crippen MR) is 91.2 cm³/mol. The van der Waals surface area contributed by atoms with E-state index in [-0.39, 0.29) is 11.8 Å². The summed E-state index contributed by atoms with van der Waals surface area (Å²) in [7, 11) is 0. The second kappa shape index (κ2) is 7.12. The molecular formula is C18H16FN3O3. The quantitative estimate of drug-likeness (QED) is 0.724. The normalized spacial score (nSPS) is 10.6. The molecule has 6 nitrogen and oxygen atoms in total. The molecule has 3 aromatic rings. The first kappa shape index (κ1) is 16.6. The van der Waals surface area contributed by atoms with Crippen LogP contribution < -0.4 is 10.1 Å². The lowest BCUT2D eigenvalue weighted by Crippen LogP contribution is -2.10. The molecule has 0 saturated carbocycles. The lowest BCUT2D eigenvalue weighted by Gasteiger charge is -2.05. The second-order valence-corrected chi connectivity index (χ2v) is 5.47. The Morgan fingerprint density at radius 2 is 1.96 bits per heavy atom. The van der Waals surface area contributed by atoms with Gasteiger partial charge >= 0.3 is 5.97 Å². The van der Waals surface area contributed by atoms with Crippen molar-refractivity contribution >= 4 is 28.5 Å². The van der Waals surface area contributed by atoms with Crippen molar-refractivity contribution in [1.29, 1.82) is 0 Å². The Balaban J connectivity index is 2.04. The molecule has 128 valence electrons. The van der Waals surface area contributed by atoms with Gasteiger partial charge < -0.3 is 10.1 Å². The number of carbonyl (C=O) groups is 2. The van der Waals surface area contributed by atoms with Crippen molar-refractivity contribution in [3.05, 3.63) is 54.1 Å². The first-order valence-electron chi connectivity index (χ1n) is 7.65. The lowest BCUT2D eigenvalue weighted by molar-refractivity contribution is -0.135. The average molecular weight is 341 g/mol. The summed E-state index contributed by atoms with van der Waals surface area (Å²) in [5.74, 6) is -1.23. The van der Waals surface area contributed by atoms with Gasteiger partial charge in [0.25, 0.3) is 0 Å². The number of rotatable bonds is 5. The zero-order valence-electron chi connectivity index (χ0n) is 13.5. The van der Waals surface area contributed by atoms with Gasteiger partial charge in [-0.2, -0.15) is 0 Å². The highest BCUT2D eigenvalue weighted by molar-refractivity contribution is 5.94. The Bertz CT molecular complexity index is 922. The van der Waals surface area contributed by atoms with E-state index in [9.17, 15) is 14.0 Å². The first-order valence-corrected chi connectivity index (χ1v) is 7.65. The molecule has 1 amide bonds. The van der Waals surface area contributed by atoms with Crippen LogP contribution in [0, 0.1) is 0 Å². The van der Waals surface area contributed by atoms with Crippen molar-refractivity contribution in [2.45, 2.75) is 13.5 Å². The van der Waals surface area contributed by atoms with Crippen LogP contribution in [0.1, 0.15) is 12.5 Å². The molecule has 0 aliphatic rings. The first-order chi connectivity index (χ1) is 12.1. The van der Waals surface area contributed by atoms with E-state index in [2.05, 4.69) is 10.4 Å². The van der Waals surface area contributed by atoms with Crippen molar-refractivity contribution < 1.29 is 18.7 Å². The third kappa shape index (κ3) is 3.82. The molecule has 0 atom stereocenters. The monoisotopic (exact) mass is 341 g/mol. The third-order valence-electron chi connectivity index (χ3n) is 3.53. The predicted octanol–water partition coefficient (Wildman–Crippen LogP) is 2.92. The van der Waals surface area contributed by atoms with Crippen LogP contribution in [0.15, 0.2) is 48.5 Å². The fourth-order valence-corrected chi connectivity index (χ4v) is 2.52. The number of aromatic nitrogens is 2. The molecule has 0 unspecified atom stereocenters. The molecule has 0 fully saturated rings. The molecule has 7 heteroatoms. The summed E-state index contributed by atoms with van der Waals surface area (Å²) in [6.07, 6.45) is 0. The number of carbonyl (C=O) groups excluding carboxylic acids is 2. The Morgan fingerprint density at radius 3 is 2.64 bits per heavy atom. The highest BCUT2D eigenvalue weighted by Crippen LogP contribution is 2.29. The molecular weight excluding hydrogens is 325 g/mol. The summed E-state index contributed by atoms with van der Waals surface area (Å²) in [5.41, 5.74) is 2.26. The van der Waals surface area contributed by atoms with Gasteiger partial charge in [0.15, 0.2) is 6.67 Å². The number of nitrogens with one attached hydrogen (secondary N) is 1. The van der Waals surface area contributed by atoms with Crippen LogP contribution in [0.5, 0.6) is 5.88 Å². The largest absolute Gasteiger partial charge is 0.403 e. The second-order valence-electron chi connectivity index (χ2n) is 5.47. The van der Waals surface area contributed by atoms with Crippen LogP contribution in [0.2, 0.25) is 0 Å². The van der Waals surface area contributed by atoms with Gasteiger partial charge in [0.2, 0.25) is 11.8 Å². The number of alkyl halides is 1. The number of halogens is 1. The van der Waals surface area contributed by atoms with Crippen LogP contribution in [0.4, 0.5) is 10.1 Å². The smallest absolute Gasteiger partial charge is 0.344 e. The van der Waals surface area contributed by atoms with Gasteiger partial charge in [0.1, 0.15) is 0 Å². The number of benzene rings is 2. The van der Waals surface area contributed by atoms with Crippen molar-refractivity contribution in [2.24, 2.45) is 0 Å². The van der Waals surface area contributed by atoms with Gasteiger partial charge in [-0.25, -0.2) is 9.18 Å². The summed E-state index contributed by atoms with van der Waals surface area (Å²) in [6.45, 7) is 0.621. The van der Waals surface area contributed by atoms with E-state index in [1.165, 1.54) is 6.92 Å². The fraction of sp³-hybridized carbons (Fsp3) is 0.167. The maximum atomic E-state index is 12.5. The summed E-state index contributed by atoms with van der Waals surface area (Å²) >= 11 is 0. The zero-order valence-corrected chi connectivity index (χ0v) is 13.5. The minimum atomic E-state index is -1.24. The van der Waals surface area contributed by atoms with E-state index in [4.69, 9.17) is 4.74 Å². The molecule has 3 rings (SSSR count). The zero-order chi connectivity index (χ0) is 17.8. The van der Waals surface area contributed by atoms with Crippen molar-refractivity contribution in [1.82, 2.24) is 9.78 Å². The fourth-order valence-electron chi connectivity index (χ4n) is 2.52. The van der Waals surface area contributed by atoms with Crippen molar-refractivity contribution in [2.75, 3.05) is 12.0 Å². The molecule has 0 aliphatic carbocycles. The molecule has 0 aliphatic heterocycles. The summed E-state index contributed by atoms with van der Waals surface area (Å²) in [6, 6.07) is 14.8. The topological polar surface area (TPSA) is 73.2 Å². The third-order valence-corrected chi connectivity index (χ3v) is 3.53. The molecule has 0 bridgehead atoms.